The fourth-order valence-corrected chi connectivity index (χ4v) is 3.37. The maximum atomic E-state index is 6.36. The molecular formula is C18H23NO. The average molecular weight is 269 g/mol. The Bertz CT molecular complexity index is 604. The van der Waals surface area contributed by atoms with Crippen LogP contribution in [0.25, 0.3) is 10.8 Å². The van der Waals surface area contributed by atoms with E-state index in [4.69, 9.17) is 4.74 Å². The zero-order valence-electron chi connectivity index (χ0n) is 12.5. The molecule has 2 aromatic rings. The van der Waals surface area contributed by atoms with Gasteiger partial charge >= 0.3 is 0 Å². The van der Waals surface area contributed by atoms with Crippen LogP contribution in [-0.2, 0) is 0 Å². The minimum atomic E-state index is 0.228. The van der Waals surface area contributed by atoms with E-state index < -0.39 is 0 Å². The summed E-state index contributed by atoms with van der Waals surface area (Å²) < 4.78 is 6.36. The average Bonchev–Trinajstić information content (AvgIpc) is 2.50. The molecule has 0 amide bonds. The Morgan fingerprint density at radius 1 is 1.20 bits per heavy atom. The summed E-state index contributed by atoms with van der Waals surface area (Å²) in [4.78, 5) is 0. The molecule has 2 heteroatoms. The van der Waals surface area contributed by atoms with Crippen LogP contribution in [0.1, 0.15) is 26.7 Å². The third kappa shape index (κ3) is 1.99. The van der Waals surface area contributed by atoms with E-state index >= 15 is 0 Å². The second-order valence-electron chi connectivity index (χ2n) is 6.02. The lowest BCUT2D eigenvalue weighted by molar-refractivity contribution is -0.0670. The van der Waals surface area contributed by atoms with E-state index in [1.165, 1.54) is 10.8 Å². The van der Waals surface area contributed by atoms with Crippen molar-refractivity contribution < 1.29 is 4.74 Å². The van der Waals surface area contributed by atoms with Gasteiger partial charge in [0.25, 0.3) is 0 Å². The molecule has 0 radical (unpaired) electrons. The lowest BCUT2D eigenvalue weighted by Gasteiger charge is -2.53. The Hall–Kier alpha value is -1.54. The highest BCUT2D eigenvalue weighted by atomic mass is 16.5. The van der Waals surface area contributed by atoms with Gasteiger partial charge < -0.3 is 10.1 Å². The largest absolute Gasteiger partial charge is 0.489 e. The van der Waals surface area contributed by atoms with Crippen LogP contribution < -0.4 is 10.1 Å². The van der Waals surface area contributed by atoms with E-state index in [1.54, 1.807) is 0 Å². The van der Waals surface area contributed by atoms with E-state index in [-0.39, 0.29) is 5.41 Å². The Morgan fingerprint density at radius 3 is 2.70 bits per heavy atom. The van der Waals surface area contributed by atoms with E-state index in [0.29, 0.717) is 12.1 Å². The molecular weight excluding hydrogens is 246 g/mol. The molecule has 3 rings (SSSR count). The van der Waals surface area contributed by atoms with Crippen molar-refractivity contribution in [1.82, 2.24) is 5.32 Å². The molecule has 2 aromatic carbocycles. The van der Waals surface area contributed by atoms with Crippen molar-refractivity contribution in [3.8, 4) is 5.75 Å². The predicted molar refractivity (Wildman–Crippen MR) is 84.2 cm³/mol. The van der Waals surface area contributed by atoms with Crippen molar-refractivity contribution >= 4 is 10.8 Å². The molecule has 106 valence electrons. The van der Waals surface area contributed by atoms with Crippen LogP contribution in [0.4, 0.5) is 0 Å². The molecule has 0 bridgehead atoms. The Labute approximate surface area is 121 Å². The first-order valence-electron chi connectivity index (χ1n) is 7.50. The Balaban J connectivity index is 1.88. The Morgan fingerprint density at radius 2 is 1.95 bits per heavy atom. The van der Waals surface area contributed by atoms with Gasteiger partial charge in [0.2, 0.25) is 0 Å². The third-order valence-electron chi connectivity index (χ3n) is 5.11. The highest BCUT2D eigenvalue weighted by molar-refractivity contribution is 5.88. The highest BCUT2D eigenvalue weighted by Crippen LogP contribution is 2.46. The van der Waals surface area contributed by atoms with Crippen LogP contribution in [0.15, 0.2) is 42.5 Å². The van der Waals surface area contributed by atoms with Gasteiger partial charge in [-0.2, -0.15) is 0 Å². The Kier molecular flexibility index (Phi) is 3.43. The monoisotopic (exact) mass is 269 g/mol. The zero-order valence-corrected chi connectivity index (χ0v) is 12.5. The van der Waals surface area contributed by atoms with Crippen LogP contribution in [0.3, 0.4) is 0 Å². The normalized spacial score (nSPS) is 29.1. The van der Waals surface area contributed by atoms with Crippen LogP contribution in [-0.4, -0.2) is 19.2 Å². The molecule has 0 spiro atoms. The summed E-state index contributed by atoms with van der Waals surface area (Å²) in [6.07, 6.45) is 2.52. The summed E-state index contributed by atoms with van der Waals surface area (Å²) in [6, 6.07) is 15.3. The van der Waals surface area contributed by atoms with Crippen LogP contribution in [0.2, 0.25) is 0 Å². The molecule has 3 unspecified atom stereocenters. The first kappa shape index (κ1) is 13.4. The van der Waals surface area contributed by atoms with Crippen molar-refractivity contribution in [3.05, 3.63) is 42.5 Å². The van der Waals surface area contributed by atoms with Gasteiger partial charge in [-0.05, 0) is 24.9 Å². The van der Waals surface area contributed by atoms with Crippen LogP contribution in [0, 0.1) is 5.41 Å². The van der Waals surface area contributed by atoms with Gasteiger partial charge in [-0.3, -0.25) is 0 Å². The number of nitrogens with one attached hydrogen (secondary N) is 1. The fourth-order valence-electron chi connectivity index (χ4n) is 3.37. The standard InChI is InChI=1S/C18H23NO/c1-4-18(2)16(19-3)12-17(18)20-15-11-7-9-13-8-5-6-10-14(13)15/h5-11,16-17,19H,4,12H2,1-3H3. The molecule has 1 N–H and O–H groups in total. The minimum absolute atomic E-state index is 0.228. The zero-order chi connectivity index (χ0) is 14.2. The van der Waals surface area contributed by atoms with Gasteiger partial charge in [-0.1, -0.05) is 50.2 Å². The predicted octanol–water partition coefficient (Wildman–Crippen LogP) is 4.00. The van der Waals surface area contributed by atoms with Crippen molar-refractivity contribution in [2.45, 2.75) is 38.8 Å². The number of rotatable bonds is 4. The fraction of sp³-hybridized carbons (Fsp3) is 0.444. The number of hydrogen-bond donors (Lipinski definition) is 1. The molecule has 1 fully saturated rings. The molecule has 1 aliphatic carbocycles. The highest BCUT2D eigenvalue weighted by Gasteiger charge is 2.51. The first-order chi connectivity index (χ1) is 9.69. The van der Waals surface area contributed by atoms with Gasteiger partial charge in [0, 0.05) is 23.3 Å². The van der Waals surface area contributed by atoms with E-state index in [1.807, 2.05) is 7.05 Å². The van der Waals surface area contributed by atoms with Crippen molar-refractivity contribution in [1.29, 1.82) is 0 Å². The van der Waals surface area contributed by atoms with Gasteiger partial charge in [-0.25, -0.2) is 0 Å². The smallest absolute Gasteiger partial charge is 0.127 e. The van der Waals surface area contributed by atoms with Gasteiger partial charge in [0.05, 0.1) is 0 Å². The molecule has 0 aromatic heterocycles. The summed E-state index contributed by atoms with van der Waals surface area (Å²) in [6.45, 7) is 4.58. The van der Waals surface area contributed by atoms with Crippen molar-refractivity contribution in [3.63, 3.8) is 0 Å². The molecule has 1 saturated carbocycles. The summed E-state index contributed by atoms with van der Waals surface area (Å²) in [5.74, 6) is 1.02. The van der Waals surface area contributed by atoms with Gasteiger partial charge in [0.15, 0.2) is 0 Å². The molecule has 0 heterocycles. The second-order valence-corrected chi connectivity index (χ2v) is 6.02. The number of hydrogen-bond acceptors (Lipinski definition) is 2. The molecule has 20 heavy (non-hydrogen) atoms. The first-order valence-corrected chi connectivity index (χ1v) is 7.50. The SMILES string of the molecule is CCC1(C)C(NC)CC1Oc1cccc2ccccc12. The maximum absolute atomic E-state index is 6.36. The summed E-state index contributed by atoms with van der Waals surface area (Å²) >= 11 is 0. The summed E-state index contributed by atoms with van der Waals surface area (Å²) in [5, 5.41) is 5.87. The third-order valence-corrected chi connectivity index (χ3v) is 5.11. The van der Waals surface area contributed by atoms with Crippen molar-refractivity contribution in [2.24, 2.45) is 5.41 Å². The lowest BCUT2D eigenvalue weighted by Crippen LogP contribution is -2.62. The molecule has 0 aliphatic heterocycles. The molecule has 0 saturated heterocycles. The maximum Gasteiger partial charge on any atom is 0.127 e. The van der Waals surface area contributed by atoms with Gasteiger partial charge in [-0.15, -0.1) is 0 Å². The summed E-state index contributed by atoms with van der Waals surface area (Å²) in [7, 11) is 2.05. The molecule has 2 nitrogen and oxygen atoms in total. The van der Waals surface area contributed by atoms with Crippen LogP contribution >= 0.6 is 0 Å². The van der Waals surface area contributed by atoms with Crippen molar-refractivity contribution in [2.75, 3.05) is 7.05 Å². The van der Waals surface area contributed by atoms with Gasteiger partial charge in [0.1, 0.15) is 11.9 Å². The number of fused-ring (bicyclic) bond motifs is 1. The van der Waals surface area contributed by atoms with E-state index in [2.05, 4.69) is 61.6 Å². The molecule has 3 atom stereocenters. The second kappa shape index (κ2) is 5.10. The number of ether oxygens (including phenoxy) is 1. The molecule has 1 aliphatic rings. The van der Waals surface area contributed by atoms with E-state index in [9.17, 15) is 0 Å². The topological polar surface area (TPSA) is 21.3 Å². The lowest BCUT2D eigenvalue weighted by atomic mass is 9.61. The van der Waals surface area contributed by atoms with Crippen LogP contribution in [0.5, 0.6) is 5.75 Å². The number of benzene rings is 2. The quantitative estimate of drug-likeness (QED) is 0.906. The summed E-state index contributed by atoms with van der Waals surface area (Å²) in [5.41, 5.74) is 0.228. The van der Waals surface area contributed by atoms with E-state index in [0.717, 1.165) is 18.6 Å². The minimum Gasteiger partial charge on any atom is -0.489 e.